The molecule has 0 aliphatic heterocycles. The molecular weight excluding hydrogens is 280 g/mol. The second-order valence-corrected chi connectivity index (χ2v) is 4.34. The molecule has 0 fully saturated rings. The zero-order chi connectivity index (χ0) is 13.9. The van der Waals surface area contributed by atoms with Gasteiger partial charge in [0, 0.05) is 11.6 Å². The molecule has 20 heavy (non-hydrogen) atoms. The van der Waals surface area contributed by atoms with Crippen molar-refractivity contribution in [3.63, 3.8) is 0 Å². The van der Waals surface area contributed by atoms with Crippen molar-refractivity contribution in [1.29, 1.82) is 0 Å². The topological polar surface area (TPSA) is 84.7 Å². The number of pyridine rings is 1. The molecule has 2 amide bonds. The highest BCUT2D eigenvalue weighted by Gasteiger charge is 2.08. The third-order valence-corrected chi connectivity index (χ3v) is 2.92. The molecule has 2 aromatic heterocycles. The van der Waals surface area contributed by atoms with E-state index >= 15 is 0 Å². The van der Waals surface area contributed by atoms with E-state index in [-0.39, 0.29) is 0 Å². The van der Waals surface area contributed by atoms with Crippen molar-refractivity contribution >= 4 is 34.2 Å². The lowest BCUT2D eigenvalue weighted by molar-refractivity contribution is 0.260. The summed E-state index contributed by atoms with van der Waals surface area (Å²) in [6, 6.07) is 6.60. The van der Waals surface area contributed by atoms with Crippen LogP contribution in [0.1, 0.15) is 0 Å². The minimum absolute atomic E-state index is 0.419. The smallest absolute Gasteiger partial charge is 0.306 e. The van der Waals surface area contributed by atoms with Gasteiger partial charge in [-0.15, -0.1) is 10.2 Å². The average molecular weight is 289 g/mol. The van der Waals surface area contributed by atoms with Crippen LogP contribution < -0.4 is 10.7 Å². The molecule has 3 rings (SSSR count). The minimum Gasteiger partial charge on any atom is -0.306 e. The lowest BCUT2D eigenvalue weighted by Gasteiger charge is -2.10. The molecule has 0 spiro atoms. The first kappa shape index (κ1) is 12.4. The highest BCUT2D eigenvalue weighted by Crippen LogP contribution is 2.27. The predicted molar refractivity (Wildman–Crippen MR) is 75.2 cm³/mol. The van der Waals surface area contributed by atoms with Crippen molar-refractivity contribution in [2.45, 2.75) is 0 Å². The number of aromatic nitrogens is 4. The Labute approximate surface area is 118 Å². The SMILES string of the molecule is O=C(Nc1ccc(Cl)c2ncccc12)Nn1cnnc1. The third kappa shape index (κ3) is 2.39. The van der Waals surface area contributed by atoms with Crippen molar-refractivity contribution in [1.82, 2.24) is 19.9 Å². The summed E-state index contributed by atoms with van der Waals surface area (Å²) >= 11 is 6.07. The Morgan fingerprint density at radius 1 is 1.20 bits per heavy atom. The van der Waals surface area contributed by atoms with Crippen molar-refractivity contribution in [3.05, 3.63) is 48.1 Å². The van der Waals surface area contributed by atoms with E-state index in [1.54, 1.807) is 24.4 Å². The number of hydrogen-bond donors (Lipinski definition) is 2. The number of nitrogens with one attached hydrogen (secondary N) is 2. The van der Waals surface area contributed by atoms with Crippen LogP contribution in [0.5, 0.6) is 0 Å². The zero-order valence-electron chi connectivity index (χ0n) is 10.1. The first-order valence-corrected chi connectivity index (χ1v) is 6.08. The summed E-state index contributed by atoms with van der Waals surface area (Å²) in [5, 5.41) is 11.2. The van der Waals surface area contributed by atoms with Gasteiger partial charge in [0.05, 0.1) is 16.2 Å². The number of halogens is 1. The molecule has 0 atom stereocenters. The quantitative estimate of drug-likeness (QED) is 0.757. The van der Waals surface area contributed by atoms with Gasteiger partial charge in [0.1, 0.15) is 12.7 Å². The number of benzene rings is 1. The van der Waals surface area contributed by atoms with Gasteiger partial charge in [0.15, 0.2) is 0 Å². The standard InChI is InChI=1S/C12H9ClN6O/c13-9-3-4-10(8-2-1-5-14-11(8)9)17-12(20)18-19-6-15-16-7-19/h1-7H,(H2,17,18,20). The van der Waals surface area contributed by atoms with Crippen LogP contribution in [-0.2, 0) is 0 Å². The molecule has 7 nitrogen and oxygen atoms in total. The lowest BCUT2D eigenvalue weighted by atomic mass is 10.2. The minimum atomic E-state index is -0.419. The molecule has 8 heteroatoms. The maximum Gasteiger partial charge on any atom is 0.338 e. The van der Waals surface area contributed by atoms with Gasteiger partial charge in [-0.25, -0.2) is 14.9 Å². The molecule has 0 radical (unpaired) electrons. The second-order valence-electron chi connectivity index (χ2n) is 3.93. The van der Waals surface area contributed by atoms with E-state index in [4.69, 9.17) is 11.6 Å². The number of rotatable bonds is 2. The fourth-order valence-corrected chi connectivity index (χ4v) is 1.99. The first-order chi connectivity index (χ1) is 9.74. The molecule has 0 aliphatic rings. The predicted octanol–water partition coefficient (Wildman–Crippen LogP) is 2.26. The van der Waals surface area contributed by atoms with Crippen molar-refractivity contribution in [2.24, 2.45) is 0 Å². The summed E-state index contributed by atoms with van der Waals surface area (Å²) in [5.41, 5.74) is 3.79. The molecule has 3 aromatic rings. The summed E-state index contributed by atoms with van der Waals surface area (Å²) in [6.45, 7) is 0. The molecule has 0 aliphatic carbocycles. The molecule has 0 saturated carbocycles. The Hall–Kier alpha value is -2.67. The normalized spacial score (nSPS) is 10.4. The highest BCUT2D eigenvalue weighted by atomic mass is 35.5. The monoisotopic (exact) mass is 288 g/mol. The maximum atomic E-state index is 11.9. The summed E-state index contributed by atoms with van der Waals surface area (Å²) in [5.74, 6) is 0. The molecule has 0 saturated heterocycles. The Bertz CT molecular complexity index is 758. The molecule has 2 heterocycles. The maximum absolute atomic E-state index is 11.9. The van der Waals surface area contributed by atoms with E-state index < -0.39 is 6.03 Å². The van der Waals surface area contributed by atoms with E-state index in [0.717, 1.165) is 5.39 Å². The summed E-state index contributed by atoms with van der Waals surface area (Å²) < 4.78 is 1.34. The van der Waals surface area contributed by atoms with Crippen molar-refractivity contribution < 1.29 is 4.79 Å². The number of anilines is 1. The van der Waals surface area contributed by atoms with Crippen LogP contribution in [-0.4, -0.2) is 25.9 Å². The second kappa shape index (κ2) is 5.14. The Morgan fingerprint density at radius 3 is 2.80 bits per heavy atom. The van der Waals surface area contributed by atoms with Crippen molar-refractivity contribution in [3.8, 4) is 0 Å². The van der Waals surface area contributed by atoms with Crippen molar-refractivity contribution in [2.75, 3.05) is 10.7 Å². The Kier molecular flexibility index (Phi) is 3.18. The molecule has 0 bridgehead atoms. The third-order valence-electron chi connectivity index (χ3n) is 2.62. The van der Waals surface area contributed by atoms with E-state index in [1.165, 1.54) is 17.3 Å². The number of hydrogen-bond acceptors (Lipinski definition) is 4. The number of fused-ring (bicyclic) bond motifs is 1. The highest BCUT2D eigenvalue weighted by molar-refractivity contribution is 6.35. The fraction of sp³-hybridized carbons (Fsp3) is 0. The van der Waals surface area contributed by atoms with E-state index in [0.29, 0.717) is 16.2 Å². The zero-order valence-corrected chi connectivity index (χ0v) is 10.9. The van der Waals surface area contributed by atoms with Crippen LogP contribution in [0.25, 0.3) is 10.9 Å². The molecular formula is C12H9ClN6O. The van der Waals surface area contributed by atoms with Crippen LogP contribution in [0, 0.1) is 0 Å². The first-order valence-electron chi connectivity index (χ1n) is 5.70. The number of carbonyl (C=O) groups excluding carboxylic acids is 1. The van der Waals surface area contributed by atoms with Gasteiger partial charge in [0.25, 0.3) is 0 Å². The number of nitrogens with zero attached hydrogens (tertiary/aromatic N) is 4. The summed E-state index contributed by atoms with van der Waals surface area (Å²) in [4.78, 5) is 16.1. The van der Waals surface area contributed by atoms with Gasteiger partial charge in [-0.3, -0.25) is 4.98 Å². The number of urea groups is 1. The largest absolute Gasteiger partial charge is 0.338 e. The van der Waals surface area contributed by atoms with Crippen LogP contribution in [0.3, 0.4) is 0 Å². The summed E-state index contributed by atoms with van der Waals surface area (Å²) in [7, 11) is 0. The fourth-order valence-electron chi connectivity index (χ4n) is 1.77. The van der Waals surface area contributed by atoms with Crippen LogP contribution in [0.2, 0.25) is 5.02 Å². The van der Waals surface area contributed by atoms with E-state index in [1.807, 2.05) is 6.07 Å². The lowest BCUT2D eigenvalue weighted by Crippen LogP contribution is -2.26. The molecule has 2 N–H and O–H groups in total. The summed E-state index contributed by atoms with van der Waals surface area (Å²) in [6.07, 6.45) is 4.40. The molecule has 100 valence electrons. The van der Waals surface area contributed by atoms with Gasteiger partial charge in [-0.05, 0) is 24.3 Å². The Morgan fingerprint density at radius 2 is 2.00 bits per heavy atom. The molecule has 1 aromatic carbocycles. The van der Waals surface area contributed by atoms with Gasteiger partial charge in [-0.1, -0.05) is 11.6 Å². The van der Waals surface area contributed by atoms with Gasteiger partial charge < -0.3 is 5.32 Å². The van der Waals surface area contributed by atoms with E-state index in [2.05, 4.69) is 25.9 Å². The average Bonchev–Trinajstić information content (AvgIpc) is 2.95. The number of carbonyl (C=O) groups is 1. The molecule has 0 unspecified atom stereocenters. The van der Waals surface area contributed by atoms with Gasteiger partial charge in [-0.2, -0.15) is 0 Å². The van der Waals surface area contributed by atoms with Crippen LogP contribution in [0.15, 0.2) is 43.1 Å². The van der Waals surface area contributed by atoms with Crippen LogP contribution >= 0.6 is 11.6 Å². The Balaban J connectivity index is 1.87. The van der Waals surface area contributed by atoms with Gasteiger partial charge in [0.2, 0.25) is 0 Å². The van der Waals surface area contributed by atoms with Gasteiger partial charge >= 0.3 is 6.03 Å². The number of amides is 2. The van der Waals surface area contributed by atoms with E-state index in [9.17, 15) is 4.79 Å². The van der Waals surface area contributed by atoms with Crippen LogP contribution in [0.4, 0.5) is 10.5 Å².